The summed E-state index contributed by atoms with van der Waals surface area (Å²) in [5.74, 6) is 0.516. The van der Waals surface area contributed by atoms with E-state index in [0.29, 0.717) is 11.1 Å². The fourth-order valence-corrected chi connectivity index (χ4v) is 2.43. The van der Waals surface area contributed by atoms with Gasteiger partial charge >= 0.3 is 0 Å². The van der Waals surface area contributed by atoms with E-state index >= 15 is 0 Å². The van der Waals surface area contributed by atoms with Crippen molar-refractivity contribution in [2.24, 2.45) is 0 Å². The topological polar surface area (TPSA) is 58.6 Å². The molecule has 0 saturated carbocycles. The molecule has 2 N–H and O–H groups in total. The highest BCUT2D eigenvalue weighted by molar-refractivity contribution is 6.10. The van der Waals surface area contributed by atoms with Crippen LogP contribution in [-0.4, -0.2) is 18.0 Å². The minimum Gasteiger partial charge on any atom is -0.507 e. The maximum Gasteiger partial charge on any atom is 0.196 e. The Bertz CT molecular complexity index is 857. The van der Waals surface area contributed by atoms with Gasteiger partial charge in [-0.25, -0.2) is 0 Å². The molecule has 120 valence electrons. The van der Waals surface area contributed by atoms with Gasteiger partial charge in [0, 0.05) is 11.3 Å². The summed E-state index contributed by atoms with van der Waals surface area (Å²) < 4.78 is 5.31. The Balaban J connectivity index is 1.81. The number of benzene rings is 3. The number of carbonyl (C=O) groups excluding carboxylic acids is 1. The molecule has 0 saturated heterocycles. The molecule has 3 aromatic rings. The number of ketones is 1. The number of rotatable bonds is 5. The van der Waals surface area contributed by atoms with Crippen LogP contribution in [0.2, 0.25) is 0 Å². The molecule has 0 aliphatic carbocycles. The molecule has 0 fully saturated rings. The Labute approximate surface area is 140 Å². The smallest absolute Gasteiger partial charge is 0.196 e. The summed E-state index contributed by atoms with van der Waals surface area (Å²) in [5, 5.41) is 13.1. The Morgan fingerprint density at radius 3 is 2.29 bits per heavy atom. The van der Waals surface area contributed by atoms with Gasteiger partial charge in [0.1, 0.15) is 11.5 Å². The minimum atomic E-state index is -0.211. The Morgan fingerprint density at radius 1 is 0.917 bits per heavy atom. The second-order valence-corrected chi connectivity index (χ2v) is 5.25. The van der Waals surface area contributed by atoms with Crippen LogP contribution in [0.15, 0.2) is 72.8 Å². The second-order valence-electron chi connectivity index (χ2n) is 5.25. The van der Waals surface area contributed by atoms with Crippen LogP contribution in [-0.2, 0) is 0 Å². The second kappa shape index (κ2) is 6.87. The van der Waals surface area contributed by atoms with Gasteiger partial charge in [-0.05, 0) is 48.5 Å². The zero-order valence-corrected chi connectivity index (χ0v) is 13.2. The van der Waals surface area contributed by atoms with Crippen LogP contribution in [0.25, 0.3) is 0 Å². The molecule has 24 heavy (non-hydrogen) atoms. The van der Waals surface area contributed by atoms with Gasteiger partial charge in [-0.1, -0.05) is 24.3 Å². The fourth-order valence-electron chi connectivity index (χ4n) is 2.43. The summed E-state index contributed by atoms with van der Waals surface area (Å²) in [5.41, 5.74) is 2.50. The molecule has 4 heteroatoms. The number of carbonyl (C=O) groups is 1. The molecule has 0 radical (unpaired) electrons. The van der Waals surface area contributed by atoms with Crippen molar-refractivity contribution in [2.45, 2.75) is 0 Å². The van der Waals surface area contributed by atoms with Crippen molar-refractivity contribution in [2.75, 3.05) is 12.4 Å². The van der Waals surface area contributed by atoms with Crippen LogP contribution in [0.1, 0.15) is 15.9 Å². The number of nitrogens with one attached hydrogen (secondary N) is 1. The van der Waals surface area contributed by atoms with E-state index < -0.39 is 0 Å². The Kier molecular flexibility index (Phi) is 4.47. The van der Waals surface area contributed by atoms with Crippen molar-refractivity contribution >= 4 is 17.2 Å². The van der Waals surface area contributed by atoms with Gasteiger partial charge in [0.05, 0.1) is 18.4 Å². The minimum absolute atomic E-state index is 0.0151. The van der Waals surface area contributed by atoms with Crippen LogP contribution < -0.4 is 10.1 Å². The number of methoxy groups -OCH3 is 1. The van der Waals surface area contributed by atoms with Crippen molar-refractivity contribution < 1.29 is 14.6 Å². The first-order valence-electron chi connectivity index (χ1n) is 7.52. The number of phenolic OH excluding ortho intramolecular Hbond substituents is 1. The normalized spacial score (nSPS) is 10.2. The molecule has 0 aliphatic rings. The molecule has 0 spiro atoms. The van der Waals surface area contributed by atoms with Gasteiger partial charge in [-0.2, -0.15) is 0 Å². The first-order chi connectivity index (χ1) is 11.7. The third-order valence-electron chi connectivity index (χ3n) is 3.68. The summed E-state index contributed by atoms with van der Waals surface area (Å²) >= 11 is 0. The van der Waals surface area contributed by atoms with Gasteiger partial charge < -0.3 is 15.2 Å². The zero-order valence-electron chi connectivity index (χ0n) is 13.2. The first-order valence-corrected chi connectivity index (χ1v) is 7.52. The van der Waals surface area contributed by atoms with Crippen molar-refractivity contribution in [3.05, 3.63) is 83.9 Å². The largest absolute Gasteiger partial charge is 0.507 e. The Morgan fingerprint density at radius 2 is 1.58 bits per heavy atom. The van der Waals surface area contributed by atoms with E-state index in [0.717, 1.165) is 17.1 Å². The monoisotopic (exact) mass is 319 g/mol. The molecule has 4 nitrogen and oxygen atoms in total. The van der Waals surface area contributed by atoms with E-state index in [9.17, 15) is 9.90 Å². The average molecular weight is 319 g/mol. The molecule has 0 amide bonds. The molecular formula is C20H17NO3. The zero-order chi connectivity index (χ0) is 16.9. The summed E-state index contributed by atoms with van der Waals surface area (Å²) in [7, 11) is 1.62. The average Bonchev–Trinajstić information content (AvgIpc) is 2.63. The van der Waals surface area contributed by atoms with Crippen molar-refractivity contribution in [3.63, 3.8) is 0 Å². The number of hydrogen-bond donors (Lipinski definition) is 2. The lowest BCUT2D eigenvalue weighted by Crippen LogP contribution is -2.02. The van der Waals surface area contributed by atoms with Gasteiger partial charge in [-0.15, -0.1) is 0 Å². The molecule has 0 aliphatic heterocycles. The van der Waals surface area contributed by atoms with E-state index in [1.165, 1.54) is 6.07 Å². The van der Waals surface area contributed by atoms with Crippen LogP contribution in [0.3, 0.4) is 0 Å². The molecule has 0 aromatic heterocycles. The highest BCUT2D eigenvalue weighted by Crippen LogP contribution is 2.27. The van der Waals surface area contributed by atoms with Crippen LogP contribution in [0, 0.1) is 0 Å². The van der Waals surface area contributed by atoms with Gasteiger partial charge in [-0.3, -0.25) is 4.79 Å². The lowest BCUT2D eigenvalue weighted by atomic mass is 10.0. The van der Waals surface area contributed by atoms with E-state index in [1.807, 2.05) is 36.4 Å². The summed E-state index contributed by atoms with van der Waals surface area (Å²) in [6.07, 6.45) is 0. The van der Waals surface area contributed by atoms with Crippen LogP contribution in [0.5, 0.6) is 11.5 Å². The van der Waals surface area contributed by atoms with E-state index in [2.05, 4.69) is 5.32 Å². The number of anilines is 2. The number of ether oxygens (including phenoxy) is 1. The standard InChI is InChI=1S/C20H17NO3/c1-24-19-9-5-3-7-17(19)21-15-12-10-14(11-13-15)20(23)16-6-2-4-8-18(16)22/h2-13,21-22H,1H3. The lowest BCUT2D eigenvalue weighted by molar-refractivity contribution is 0.103. The number of para-hydroxylation sites is 3. The van der Waals surface area contributed by atoms with Crippen molar-refractivity contribution in [3.8, 4) is 11.5 Å². The third-order valence-corrected chi connectivity index (χ3v) is 3.68. The summed E-state index contributed by atoms with van der Waals surface area (Å²) in [4.78, 5) is 12.4. The first kappa shape index (κ1) is 15.6. The highest BCUT2D eigenvalue weighted by atomic mass is 16.5. The van der Waals surface area contributed by atoms with E-state index in [-0.39, 0.29) is 11.5 Å². The molecular weight excluding hydrogens is 302 g/mol. The molecule has 0 atom stereocenters. The number of phenols is 1. The predicted octanol–water partition coefficient (Wildman–Crippen LogP) is 4.38. The van der Waals surface area contributed by atoms with Gasteiger partial charge in [0.25, 0.3) is 0 Å². The van der Waals surface area contributed by atoms with Crippen molar-refractivity contribution in [1.29, 1.82) is 0 Å². The molecule has 0 bridgehead atoms. The van der Waals surface area contributed by atoms with Crippen LogP contribution >= 0.6 is 0 Å². The molecule has 3 aromatic carbocycles. The van der Waals surface area contributed by atoms with Gasteiger partial charge in [0.15, 0.2) is 5.78 Å². The van der Waals surface area contributed by atoms with E-state index in [4.69, 9.17) is 4.74 Å². The SMILES string of the molecule is COc1ccccc1Nc1ccc(C(=O)c2ccccc2O)cc1. The van der Waals surface area contributed by atoms with Crippen LogP contribution in [0.4, 0.5) is 11.4 Å². The van der Waals surface area contributed by atoms with E-state index in [1.54, 1.807) is 37.4 Å². The molecule has 0 unspecified atom stereocenters. The number of aromatic hydroxyl groups is 1. The maximum atomic E-state index is 12.4. The van der Waals surface area contributed by atoms with Gasteiger partial charge in [0.2, 0.25) is 0 Å². The predicted molar refractivity (Wildman–Crippen MR) is 94.3 cm³/mol. The summed E-state index contributed by atoms with van der Waals surface area (Å²) in [6, 6.07) is 21.2. The Hall–Kier alpha value is -3.27. The molecule has 0 heterocycles. The molecule has 3 rings (SSSR count). The lowest BCUT2D eigenvalue weighted by Gasteiger charge is -2.11. The highest BCUT2D eigenvalue weighted by Gasteiger charge is 2.12. The number of hydrogen-bond acceptors (Lipinski definition) is 4. The third kappa shape index (κ3) is 3.22. The summed E-state index contributed by atoms with van der Waals surface area (Å²) in [6.45, 7) is 0. The maximum absolute atomic E-state index is 12.4. The fraction of sp³-hybridized carbons (Fsp3) is 0.0500. The quantitative estimate of drug-likeness (QED) is 0.685. The van der Waals surface area contributed by atoms with Crippen molar-refractivity contribution in [1.82, 2.24) is 0 Å².